The van der Waals surface area contributed by atoms with E-state index in [1.807, 2.05) is 24.3 Å². The maximum absolute atomic E-state index is 10.8. The minimum atomic E-state index is -0.991. The summed E-state index contributed by atoms with van der Waals surface area (Å²) in [4.78, 5) is 14.8. The molecule has 0 radical (unpaired) electrons. The summed E-state index contributed by atoms with van der Waals surface area (Å²) in [6, 6.07) is 10.1. The SMILES string of the molecule is COc1ccc(C#Cc2cc(C(=O)O)ccn2)cc1. The third-order valence-electron chi connectivity index (χ3n) is 2.43. The van der Waals surface area contributed by atoms with Crippen molar-refractivity contribution in [3.05, 3.63) is 59.4 Å². The van der Waals surface area contributed by atoms with Crippen molar-refractivity contribution in [3.8, 4) is 17.6 Å². The molecule has 94 valence electrons. The molecule has 0 aliphatic carbocycles. The summed E-state index contributed by atoms with van der Waals surface area (Å²) in [5.74, 6) is 5.52. The van der Waals surface area contributed by atoms with Gasteiger partial charge >= 0.3 is 5.97 Å². The normalized spacial score (nSPS) is 9.32. The first-order valence-electron chi connectivity index (χ1n) is 5.54. The number of hydrogen-bond donors (Lipinski definition) is 1. The lowest BCUT2D eigenvalue weighted by atomic mass is 10.2. The highest BCUT2D eigenvalue weighted by atomic mass is 16.5. The number of methoxy groups -OCH3 is 1. The van der Waals surface area contributed by atoms with Crippen LogP contribution in [0.2, 0.25) is 0 Å². The lowest BCUT2D eigenvalue weighted by Crippen LogP contribution is -1.97. The summed E-state index contributed by atoms with van der Waals surface area (Å²) in [6.45, 7) is 0. The molecular formula is C15H11NO3. The van der Waals surface area contributed by atoms with Crippen LogP contribution < -0.4 is 4.74 Å². The quantitative estimate of drug-likeness (QED) is 0.833. The van der Waals surface area contributed by atoms with Crippen LogP contribution >= 0.6 is 0 Å². The Hall–Kier alpha value is -2.80. The Balaban J connectivity index is 2.23. The van der Waals surface area contributed by atoms with E-state index in [1.54, 1.807) is 7.11 Å². The number of aromatic carboxylic acids is 1. The Kier molecular flexibility index (Phi) is 3.79. The average molecular weight is 253 g/mol. The number of aromatic nitrogens is 1. The molecule has 1 heterocycles. The smallest absolute Gasteiger partial charge is 0.335 e. The zero-order valence-corrected chi connectivity index (χ0v) is 10.3. The first kappa shape index (κ1) is 12.7. The van der Waals surface area contributed by atoms with Crippen LogP contribution in [0.1, 0.15) is 21.6 Å². The number of benzene rings is 1. The monoisotopic (exact) mass is 253 g/mol. The van der Waals surface area contributed by atoms with Crippen molar-refractivity contribution < 1.29 is 14.6 Å². The standard InChI is InChI=1S/C15H11NO3/c1-19-14-6-3-11(4-7-14)2-5-13-10-12(15(17)18)8-9-16-13/h3-4,6-10H,1H3,(H,17,18). The zero-order chi connectivity index (χ0) is 13.7. The molecule has 0 saturated carbocycles. The van der Waals surface area contributed by atoms with Crippen LogP contribution in [0.3, 0.4) is 0 Å². The molecule has 4 nitrogen and oxygen atoms in total. The number of rotatable bonds is 2. The van der Waals surface area contributed by atoms with Gasteiger partial charge in [-0.3, -0.25) is 0 Å². The Labute approximate surface area is 110 Å². The van der Waals surface area contributed by atoms with E-state index in [1.165, 1.54) is 18.3 Å². The molecule has 4 heteroatoms. The summed E-state index contributed by atoms with van der Waals surface area (Å²) in [5, 5.41) is 8.86. The Bertz CT molecular complexity index is 651. The van der Waals surface area contributed by atoms with E-state index in [2.05, 4.69) is 16.8 Å². The van der Waals surface area contributed by atoms with Crippen molar-refractivity contribution in [2.45, 2.75) is 0 Å². The molecule has 2 aromatic rings. The van der Waals surface area contributed by atoms with E-state index >= 15 is 0 Å². The number of pyridine rings is 1. The molecule has 1 N–H and O–H groups in total. The molecule has 1 aromatic carbocycles. The third-order valence-corrected chi connectivity index (χ3v) is 2.43. The topological polar surface area (TPSA) is 59.4 Å². The van der Waals surface area contributed by atoms with E-state index in [0.717, 1.165) is 11.3 Å². The zero-order valence-electron chi connectivity index (χ0n) is 10.3. The number of nitrogens with zero attached hydrogens (tertiary/aromatic N) is 1. The minimum Gasteiger partial charge on any atom is -0.497 e. The predicted octanol–water partition coefficient (Wildman–Crippen LogP) is 2.19. The highest BCUT2D eigenvalue weighted by Crippen LogP contribution is 2.10. The average Bonchev–Trinajstić information content (AvgIpc) is 2.46. The predicted molar refractivity (Wildman–Crippen MR) is 70.2 cm³/mol. The molecule has 0 aliphatic heterocycles. The molecule has 0 saturated heterocycles. The number of carboxylic acids is 1. The van der Waals surface area contributed by atoms with Gasteiger partial charge in [0.2, 0.25) is 0 Å². The largest absolute Gasteiger partial charge is 0.497 e. The second-order valence-corrected chi connectivity index (χ2v) is 3.71. The van der Waals surface area contributed by atoms with Gasteiger partial charge in [-0.05, 0) is 42.3 Å². The molecule has 0 amide bonds. The molecule has 0 spiro atoms. The van der Waals surface area contributed by atoms with Crippen LogP contribution in [-0.4, -0.2) is 23.2 Å². The summed E-state index contributed by atoms with van der Waals surface area (Å²) in [7, 11) is 1.60. The van der Waals surface area contributed by atoms with Gasteiger partial charge in [0.1, 0.15) is 11.4 Å². The van der Waals surface area contributed by atoms with E-state index in [4.69, 9.17) is 9.84 Å². The second kappa shape index (κ2) is 5.69. The summed E-state index contributed by atoms with van der Waals surface area (Å²) < 4.78 is 5.05. The number of carboxylic acid groups (broad SMARTS) is 1. The fourth-order valence-corrected chi connectivity index (χ4v) is 1.44. The van der Waals surface area contributed by atoms with Gasteiger partial charge < -0.3 is 9.84 Å². The lowest BCUT2D eigenvalue weighted by Gasteiger charge is -1.97. The van der Waals surface area contributed by atoms with Gasteiger partial charge in [0.05, 0.1) is 12.7 Å². The highest BCUT2D eigenvalue weighted by Gasteiger charge is 2.02. The van der Waals surface area contributed by atoms with Crippen molar-refractivity contribution in [2.24, 2.45) is 0 Å². The van der Waals surface area contributed by atoms with Crippen molar-refractivity contribution in [3.63, 3.8) is 0 Å². The van der Waals surface area contributed by atoms with Crippen LogP contribution in [0.15, 0.2) is 42.6 Å². The van der Waals surface area contributed by atoms with Crippen molar-refractivity contribution in [1.82, 2.24) is 4.98 Å². The molecule has 0 bridgehead atoms. The highest BCUT2D eigenvalue weighted by molar-refractivity contribution is 5.87. The van der Waals surface area contributed by atoms with E-state index < -0.39 is 5.97 Å². The summed E-state index contributed by atoms with van der Waals surface area (Å²) in [5.41, 5.74) is 1.41. The van der Waals surface area contributed by atoms with E-state index in [0.29, 0.717) is 5.69 Å². The third kappa shape index (κ3) is 3.33. The van der Waals surface area contributed by atoms with E-state index in [9.17, 15) is 4.79 Å². The maximum Gasteiger partial charge on any atom is 0.335 e. The van der Waals surface area contributed by atoms with Crippen LogP contribution in [-0.2, 0) is 0 Å². The van der Waals surface area contributed by atoms with Crippen LogP contribution in [0.25, 0.3) is 0 Å². The molecule has 0 unspecified atom stereocenters. The summed E-state index contributed by atoms with van der Waals surface area (Å²) in [6.07, 6.45) is 1.43. The first-order chi connectivity index (χ1) is 9.19. The van der Waals surface area contributed by atoms with Crippen molar-refractivity contribution in [1.29, 1.82) is 0 Å². The van der Waals surface area contributed by atoms with Gasteiger partial charge in [0.15, 0.2) is 0 Å². The second-order valence-electron chi connectivity index (χ2n) is 3.71. The molecule has 0 atom stereocenters. The summed E-state index contributed by atoms with van der Waals surface area (Å²) >= 11 is 0. The van der Waals surface area contributed by atoms with Crippen molar-refractivity contribution in [2.75, 3.05) is 7.11 Å². The molecule has 0 aliphatic rings. The van der Waals surface area contributed by atoms with Gasteiger partial charge in [0, 0.05) is 11.8 Å². The van der Waals surface area contributed by atoms with Crippen LogP contribution in [0.4, 0.5) is 0 Å². The van der Waals surface area contributed by atoms with Gasteiger partial charge in [0.25, 0.3) is 0 Å². The van der Waals surface area contributed by atoms with Gasteiger partial charge in [-0.15, -0.1) is 0 Å². The van der Waals surface area contributed by atoms with Crippen LogP contribution in [0, 0.1) is 11.8 Å². The van der Waals surface area contributed by atoms with Gasteiger partial charge in [-0.2, -0.15) is 0 Å². The fourth-order valence-electron chi connectivity index (χ4n) is 1.44. The lowest BCUT2D eigenvalue weighted by molar-refractivity contribution is 0.0696. The number of hydrogen-bond acceptors (Lipinski definition) is 3. The number of carbonyl (C=O) groups is 1. The Morgan fingerprint density at radius 1 is 1.21 bits per heavy atom. The molecule has 0 fully saturated rings. The Morgan fingerprint density at radius 3 is 2.58 bits per heavy atom. The fraction of sp³-hybridized carbons (Fsp3) is 0.0667. The van der Waals surface area contributed by atoms with Crippen molar-refractivity contribution >= 4 is 5.97 Å². The molecule has 2 rings (SSSR count). The Morgan fingerprint density at radius 2 is 1.95 bits per heavy atom. The molecule has 19 heavy (non-hydrogen) atoms. The van der Waals surface area contributed by atoms with E-state index in [-0.39, 0.29) is 5.56 Å². The first-order valence-corrected chi connectivity index (χ1v) is 5.54. The van der Waals surface area contributed by atoms with Gasteiger partial charge in [-0.25, -0.2) is 9.78 Å². The van der Waals surface area contributed by atoms with Crippen LogP contribution in [0.5, 0.6) is 5.75 Å². The number of ether oxygens (including phenoxy) is 1. The molecule has 1 aromatic heterocycles. The molecular weight excluding hydrogens is 242 g/mol. The van der Waals surface area contributed by atoms with Gasteiger partial charge in [-0.1, -0.05) is 5.92 Å². The maximum atomic E-state index is 10.8. The minimum absolute atomic E-state index is 0.175.